The monoisotopic (exact) mass is 391 g/mol. The first-order chi connectivity index (χ1) is 13.7. The van der Waals surface area contributed by atoms with Gasteiger partial charge in [-0.1, -0.05) is 66.4 Å². The van der Waals surface area contributed by atoms with Crippen molar-refractivity contribution < 1.29 is 4.79 Å². The summed E-state index contributed by atoms with van der Waals surface area (Å²) < 4.78 is 2.10. The number of nitrogens with one attached hydrogen (secondary N) is 1. The lowest BCUT2D eigenvalue weighted by Crippen LogP contribution is -2.36. The maximum absolute atomic E-state index is 12.8. The van der Waals surface area contributed by atoms with Crippen LogP contribution in [-0.4, -0.2) is 20.7 Å². The minimum Gasteiger partial charge on any atom is -0.348 e. The number of aryl methyl sites for hydroxylation is 1. The summed E-state index contributed by atoms with van der Waals surface area (Å²) in [6.07, 6.45) is 6.99. The minimum atomic E-state index is -0.203. The van der Waals surface area contributed by atoms with Gasteiger partial charge in [-0.15, -0.1) is 0 Å². The molecule has 0 spiro atoms. The summed E-state index contributed by atoms with van der Waals surface area (Å²) in [7, 11) is 0. The molecule has 2 atom stereocenters. The van der Waals surface area contributed by atoms with Crippen LogP contribution in [0.4, 0.5) is 0 Å². The molecule has 1 aromatic heterocycles. The molecule has 1 aliphatic carbocycles. The van der Waals surface area contributed by atoms with E-state index in [0.29, 0.717) is 0 Å². The molecule has 1 N–H and O–H groups in total. The summed E-state index contributed by atoms with van der Waals surface area (Å²) in [5.74, 6) is 0.0703. The van der Waals surface area contributed by atoms with Gasteiger partial charge in [-0.05, 0) is 42.9 Å². The van der Waals surface area contributed by atoms with Gasteiger partial charge >= 0.3 is 0 Å². The number of thioether (sulfide) groups is 1. The third-order valence-electron chi connectivity index (χ3n) is 5.21. The number of benzene rings is 2. The van der Waals surface area contributed by atoms with Crippen molar-refractivity contribution in [3.05, 3.63) is 83.7 Å². The largest absolute Gasteiger partial charge is 0.348 e. The molecular formula is C23H25N3OS. The van der Waals surface area contributed by atoms with E-state index >= 15 is 0 Å². The van der Waals surface area contributed by atoms with E-state index in [2.05, 4.69) is 51.3 Å². The molecule has 0 saturated heterocycles. The first kappa shape index (κ1) is 18.8. The maximum Gasteiger partial charge on any atom is 0.233 e. The van der Waals surface area contributed by atoms with Crippen LogP contribution in [0.5, 0.6) is 0 Å². The van der Waals surface area contributed by atoms with Crippen molar-refractivity contribution in [2.24, 2.45) is 0 Å². The summed E-state index contributed by atoms with van der Waals surface area (Å²) in [6, 6.07) is 18.9. The summed E-state index contributed by atoms with van der Waals surface area (Å²) in [6.45, 7) is 2.71. The van der Waals surface area contributed by atoms with Crippen molar-refractivity contribution in [2.75, 3.05) is 0 Å². The van der Waals surface area contributed by atoms with Crippen LogP contribution in [0.2, 0.25) is 0 Å². The molecule has 2 aromatic carbocycles. The number of hydrogen-bond acceptors (Lipinski definition) is 3. The van der Waals surface area contributed by atoms with E-state index in [1.165, 1.54) is 28.5 Å². The Kier molecular flexibility index (Phi) is 5.81. The lowest BCUT2D eigenvalue weighted by Gasteiger charge is -2.27. The van der Waals surface area contributed by atoms with Gasteiger partial charge in [0, 0.05) is 18.9 Å². The molecule has 4 nitrogen and oxygen atoms in total. The van der Waals surface area contributed by atoms with E-state index in [-0.39, 0.29) is 17.2 Å². The molecule has 3 aromatic rings. The molecule has 1 amide bonds. The van der Waals surface area contributed by atoms with Crippen LogP contribution >= 0.6 is 11.8 Å². The second-order valence-corrected chi connectivity index (χ2v) is 8.54. The lowest BCUT2D eigenvalue weighted by molar-refractivity contribution is -0.121. The topological polar surface area (TPSA) is 46.9 Å². The quantitative estimate of drug-likeness (QED) is 0.625. The molecule has 144 valence electrons. The van der Waals surface area contributed by atoms with Crippen molar-refractivity contribution >= 4 is 17.7 Å². The van der Waals surface area contributed by atoms with Crippen LogP contribution in [0.15, 0.2) is 72.1 Å². The minimum absolute atomic E-state index is 0.0703. The molecule has 2 unspecified atom stereocenters. The van der Waals surface area contributed by atoms with Crippen LogP contribution in [0, 0.1) is 0 Å². The lowest BCUT2D eigenvalue weighted by atomic mass is 9.88. The van der Waals surface area contributed by atoms with Crippen LogP contribution in [0.25, 0.3) is 0 Å². The molecule has 1 aliphatic rings. The van der Waals surface area contributed by atoms with Crippen molar-refractivity contribution in [1.82, 2.24) is 14.9 Å². The summed E-state index contributed by atoms with van der Waals surface area (Å²) in [5, 5.41) is 3.93. The van der Waals surface area contributed by atoms with E-state index in [0.717, 1.165) is 31.0 Å². The molecule has 0 fully saturated rings. The molecule has 0 radical (unpaired) electrons. The Morgan fingerprint density at radius 2 is 2.00 bits per heavy atom. The van der Waals surface area contributed by atoms with Crippen molar-refractivity contribution in [3.63, 3.8) is 0 Å². The zero-order chi connectivity index (χ0) is 19.3. The van der Waals surface area contributed by atoms with Gasteiger partial charge < -0.3 is 9.88 Å². The number of hydrogen-bond donors (Lipinski definition) is 1. The van der Waals surface area contributed by atoms with Gasteiger partial charge in [0.1, 0.15) is 0 Å². The zero-order valence-electron chi connectivity index (χ0n) is 16.0. The number of nitrogens with zero attached hydrogens (tertiary/aromatic N) is 2. The highest BCUT2D eigenvalue weighted by Crippen LogP contribution is 2.30. The fraction of sp³-hybridized carbons (Fsp3) is 0.304. The number of amides is 1. The highest BCUT2D eigenvalue weighted by atomic mass is 32.2. The van der Waals surface area contributed by atoms with Crippen molar-refractivity contribution in [1.29, 1.82) is 0 Å². The van der Waals surface area contributed by atoms with Gasteiger partial charge in [0.2, 0.25) is 5.91 Å². The number of carbonyl (C=O) groups excluding carboxylic acids is 1. The van der Waals surface area contributed by atoms with E-state index in [1.54, 1.807) is 6.20 Å². The smallest absolute Gasteiger partial charge is 0.233 e. The first-order valence-corrected chi connectivity index (χ1v) is 10.7. The van der Waals surface area contributed by atoms with Crippen molar-refractivity contribution in [3.8, 4) is 0 Å². The number of aromatic nitrogens is 2. The van der Waals surface area contributed by atoms with E-state index in [9.17, 15) is 4.79 Å². The predicted molar refractivity (Wildman–Crippen MR) is 113 cm³/mol. The van der Waals surface area contributed by atoms with E-state index in [1.807, 2.05) is 31.3 Å². The van der Waals surface area contributed by atoms with Gasteiger partial charge in [-0.3, -0.25) is 4.79 Å². The van der Waals surface area contributed by atoms with Crippen LogP contribution in [-0.2, 0) is 17.8 Å². The molecule has 1 heterocycles. The Hall–Kier alpha value is -2.53. The van der Waals surface area contributed by atoms with Gasteiger partial charge in [0.05, 0.1) is 11.3 Å². The Morgan fingerprint density at radius 3 is 2.86 bits per heavy atom. The highest BCUT2D eigenvalue weighted by Gasteiger charge is 2.24. The predicted octanol–water partition coefficient (Wildman–Crippen LogP) is 4.61. The van der Waals surface area contributed by atoms with Gasteiger partial charge in [0.15, 0.2) is 5.16 Å². The van der Waals surface area contributed by atoms with Gasteiger partial charge in [-0.2, -0.15) is 0 Å². The second-order valence-electron chi connectivity index (χ2n) is 7.24. The average molecular weight is 392 g/mol. The highest BCUT2D eigenvalue weighted by molar-refractivity contribution is 8.00. The molecule has 0 bridgehead atoms. The molecular weight excluding hydrogens is 366 g/mol. The fourth-order valence-electron chi connectivity index (χ4n) is 3.72. The van der Waals surface area contributed by atoms with Crippen LogP contribution in [0.1, 0.15) is 42.5 Å². The summed E-state index contributed by atoms with van der Waals surface area (Å²) in [4.78, 5) is 17.3. The Balaban J connectivity index is 1.40. The average Bonchev–Trinajstić information content (AvgIpc) is 3.15. The Bertz CT molecular complexity index is 938. The number of rotatable bonds is 6. The summed E-state index contributed by atoms with van der Waals surface area (Å²) >= 11 is 1.51. The standard InChI is InChI=1S/C23H25N3OS/c1-17(22(27)25-21-13-7-11-19-10-5-6-12-20(19)21)28-23-24-14-15-26(23)16-18-8-3-2-4-9-18/h2-6,8-10,12,14-15,17,21H,7,11,13,16H2,1H3,(H,25,27). The van der Waals surface area contributed by atoms with Gasteiger partial charge in [0.25, 0.3) is 0 Å². The molecule has 0 saturated carbocycles. The normalized spacial score (nSPS) is 17.0. The van der Waals surface area contributed by atoms with Gasteiger partial charge in [-0.25, -0.2) is 4.98 Å². The van der Waals surface area contributed by atoms with Crippen molar-refractivity contribution in [2.45, 2.75) is 49.2 Å². The maximum atomic E-state index is 12.8. The Labute approximate surface area is 170 Å². The third-order valence-corrected chi connectivity index (χ3v) is 6.33. The number of fused-ring (bicyclic) bond motifs is 1. The van der Waals surface area contributed by atoms with E-state index in [4.69, 9.17) is 0 Å². The first-order valence-electron chi connectivity index (χ1n) is 9.80. The van der Waals surface area contributed by atoms with Crippen LogP contribution < -0.4 is 5.32 Å². The number of carbonyl (C=O) groups is 1. The zero-order valence-corrected chi connectivity index (χ0v) is 16.9. The van der Waals surface area contributed by atoms with E-state index < -0.39 is 0 Å². The SMILES string of the molecule is CC(Sc1nccn1Cc1ccccc1)C(=O)NC1CCCc2ccccc21. The summed E-state index contributed by atoms with van der Waals surface area (Å²) in [5.41, 5.74) is 3.85. The third kappa shape index (κ3) is 4.30. The number of imidazole rings is 1. The Morgan fingerprint density at radius 1 is 1.21 bits per heavy atom. The van der Waals surface area contributed by atoms with Crippen LogP contribution in [0.3, 0.4) is 0 Å². The molecule has 5 heteroatoms. The molecule has 28 heavy (non-hydrogen) atoms. The molecule has 0 aliphatic heterocycles. The molecule has 4 rings (SSSR count). The second kappa shape index (κ2) is 8.65. The fourth-order valence-corrected chi connectivity index (χ4v) is 4.59.